The van der Waals surface area contributed by atoms with Crippen LogP contribution in [0.5, 0.6) is 0 Å². The highest BCUT2D eigenvalue weighted by Gasteiger charge is 2.42. The topological polar surface area (TPSA) is 23.5 Å². The summed E-state index contributed by atoms with van der Waals surface area (Å²) in [7, 11) is 0. The highest BCUT2D eigenvalue weighted by atomic mass is 16.3. The van der Waals surface area contributed by atoms with Gasteiger partial charge in [-0.25, -0.2) is 0 Å². The van der Waals surface area contributed by atoms with E-state index in [1.165, 1.54) is 58.5 Å². The minimum atomic E-state index is 0.353. The van der Waals surface area contributed by atoms with Crippen molar-refractivity contribution in [2.45, 2.75) is 51.0 Å². The van der Waals surface area contributed by atoms with Gasteiger partial charge in [0.25, 0.3) is 0 Å². The minimum absolute atomic E-state index is 0.353. The summed E-state index contributed by atoms with van der Waals surface area (Å²) in [4.78, 5) is 2.56. The van der Waals surface area contributed by atoms with Crippen molar-refractivity contribution in [1.29, 1.82) is 0 Å². The van der Waals surface area contributed by atoms with Crippen molar-refractivity contribution in [3.8, 4) is 0 Å². The smallest absolute Gasteiger partial charge is 0.0897 e. The van der Waals surface area contributed by atoms with E-state index in [4.69, 9.17) is 0 Å². The zero-order valence-corrected chi connectivity index (χ0v) is 20.9. The number of hydrogen-bond donors (Lipinski definition) is 1. The molecule has 0 saturated heterocycles. The Balaban J connectivity index is 1.35. The number of aliphatic hydroxyl groups is 1. The third-order valence-corrected chi connectivity index (χ3v) is 7.77. The predicted octanol–water partition coefficient (Wildman–Crippen LogP) is 9.21. The van der Waals surface area contributed by atoms with Gasteiger partial charge in [0.1, 0.15) is 0 Å². The van der Waals surface area contributed by atoms with E-state index in [9.17, 15) is 5.11 Å². The van der Waals surface area contributed by atoms with Crippen molar-refractivity contribution in [2.24, 2.45) is 0 Å². The second-order valence-corrected chi connectivity index (χ2v) is 10.2. The summed E-state index contributed by atoms with van der Waals surface area (Å²) < 4.78 is 0. The molecule has 0 bridgehead atoms. The van der Waals surface area contributed by atoms with Gasteiger partial charge in [0, 0.05) is 23.3 Å². The average Bonchev–Trinajstić information content (AvgIpc) is 3.50. The van der Waals surface area contributed by atoms with Crippen LogP contribution in [0.3, 0.4) is 0 Å². The second kappa shape index (κ2) is 9.70. The molecular formula is C34H33NO. The first-order valence-corrected chi connectivity index (χ1v) is 13.2. The third kappa shape index (κ3) is 4.33. The van der Waals surface area contributed by atoms with Crippen LogP contribution in [-0.2, 0) is 0 Å². The Kier molecular flexibility index (Phi) is 6.11. The molecule has 2 unspecified atom stereocenters. The van der Waals surface area contributed by atoms with Crippen molar-refractivity contribution in [1.82, 2.24) is 0 Å². The van der Waals surface area contributed by atoms with E-state index < -0.39 is 0 Å². The van der Waals surface area contributed by atoms with Crippen molar-refractivity contribution in [2.75, 3.05) is 4.90 Å². The number of nitrogens with zero attached hydrogens (tertiary/aromatic N) is 1. The molecule has 1 saturated carbocycles. The number of benzene rings is 3. The Morgan fingerprint density at radius 2 is 1.69 bits per heavy atom. The molecule has 0 aromatic heterocycles. The molecule has 36 heavy (non-hydrogen) atoms. The maximum atomic E-state index is 9.75. The first-order chi connectivity index (χ1) is 17.7. The zero-order valence-electron chi connectivity index (χ0n) is 20.9. The summed E-state index contributed by atoms with van der Waals surface area (Å²) in [5.74, 6) is 0.924. The molecule has 2 heteroatoms. The number of aliphatic hydroxyl groups excluding tert-OH is 1. The zero-order chi connectivity index (χ0) is 24.5. The van der Waals surface area contributed by atoms with E-state index in [-0.39, 0.29) is 0 Å². The molecule has 3 aliphatic rings. The number of fused-ring (bicyclic) bond motifs is 3. The summed E-state index contributed by atoms with van der Waals surface area (Å²) in [5.41, 5.74) is 10.2. The van der Waals surface area contributed by atoms with E-state index in [0.717, 1.165) is 18.4 Å². The van der Waals surface area contributed by atoms with E-state index in [1.54, 1.807) is 6.92 Å². The molecule has 0 spiro atoms. The van der Waals surface area contributed by atoms with Crippen LogP contribution in [0, 0.1) is 0 Å². The van der Waals surface area contributed by atoms with Crippen molar-refractivity contribution < 1.29 is 5.11 Å². The van der Waals surface area contributed by atoms with Crippen LogP contribution in [0.15, 0.2) is 102 Å². The summed E-state index contributed by atoms with van der Waals surface area (Å²) >= 11 is 0. The van der Waals surface area contributed by atoms with Crippen LogP contribution in [0.25, 0.3) is 17.7 Å². The maximum absolute atomic E-state index is 9.75. The molecule has 0 radical (unpaired) electrons. The number of rotatable bonds is 5. The van der Waals surface area contributed by atoms with Gasteiger partial charge in [0.2, 0.25) is 0 Å². The van der Waals surface area contributed by atoms with Gasteiger partial charge in [-0.3, -0.25) is 0 Å². The molecule has 3 aromatic carbocycles. The molecule has 2 aliphatic carbocycles. The van der Waals surface area contributed by atoms with E-state index in [2.05, 4.69) is 102 Å². The molecule has 180 valence electrons. The maximum Gasteiger partial charge on any atom is 0.0897 e. The quantitative estimate of drug-likeness (QED) is 0.296. The summed E-state index contributed by atoms with van der Waals surface area (Å²) in [6.07, 6.45) is 17.0. The Morgan fingerprint density at radius 3 is 2.44 bits per heavy atom. The molecule has 1 N–H and O–H groups in total. The lowest BCUT2D eigenvalue weighted by Gasteiger charge is -2.27. The average molecular weight is 472 g/mol. The highest BCUT2D eigenvalue weighted by molar-refractivity contribution is 5.93. The molecule has 2 nitrogen and oxygen atoms in total. The Hall–Kier alpha value is -3.78. The molecule has 1 fully saturated rings. The molecule has 3 aromatic rings. The van der Waals surface area contributed by atoms with Crippen LogP contribution in [0.1, 0.15) is 67.2 Å². The summed E-state index contributed by atoms with van der Waals surface area (Å²) in [6, 6.07) is 27.0. The van der Waals surface area contributed by atoms with Gasteiger partial charge < -0.3 is 10.0 Å². The fourth-order valence-electron chi connectivity index (χ4n) is 6.20. The summed E-state index contributed by atoms with van der Waals surface area (Å²) in [6.45, 7) is 1.73. The first kappa shape index (κ1) is 22.7. The fraction of sp³-hybridized carbons (Fsp3) is 0.235. The van der Waals surface area contributed by atoms with Crippen LogP contribution in [0.4, 0.5) is 11.4 Å². The van der Waals surface area contributed by atoms with Crippen molar-refractivity contribution >= 4 is 29.1 Å². The monoisotopic (exact) mass is 471 g/mol. The fourth-order valence-corrected chi connectivity index (χ4v) is 6.20. The second-order valence-electron chi connectivity index (χ2n) is 10.2. The SMILES string of the molecule is CC(O)=Cc1ccc2c(c1)C1CCCC1N2c1ccc(/C=C(\C2=CCCC=C2)c2ccccc2)cc1. The van der Waals surface area contributed by atoms with E-state index >= 15 is 0 Å². The highest BCUT2D eigenvalue weighted by Crippen LogP contribution is 2.52. The van der Waals surface area contributed by atoms with Crippen LogP contribution >= 0.6 is 0 Å². The van der Waals surface area contributed by atoms with Gasteiger partial charge in [0.05, 0.1) is 5.76 Å². The third-order valence-electron chi connectivity index (χ3n) is 7.77. The van der Waals surface area contributed by atoms with Crippen LogP contribution < -0.4 is 4.90 Å². The van der Waals surface area contributed by atoms with Gasteiger partial charge in [0.15, 0.2) is 0 Å². The Bertz CT molecular complexity index is 1370. The molecular weight excluding hydrogens is 438 g/mol. The van der Waals surface area contributed by atoms with Crippen molar-refractivity contribution in [3.63, 3.8) is 0 Å². The molecule has 0 amide bonds. The van der Waals surface area contributed by atoms with Crippen molar-refractivity contribution in [3.05, 3.63) is 125 Å². The van der Waals surface area contributed by atoms with Gasteiger partial charge >= 0.3 is 0 Å². The lowest BCUT2D eigenvalue weighted by atomic mass is 9.92. The van der Waals surface area contributed by atoms with Crippen LogP contribution in [-0.4, -0.2) is 11.1 Å². The molecule has 1 aliphatic heterocycles. The van der Waals surface area contributed by atoms with Crippen LogP contribution in [0.2, 0.25) is 0 Å². The Morgan fingerprint density at radius 1 is 0.889 bits per heavy atom. The first-order valence-electron chi connectivity index (χ1n) is 13.2. The minimum Gasteiger partial charge on any atom is -0.513 e. The molecule has 6 rings (SSSR count). The van der Waals surface area contributed by atoms with Gasteiger partial charge in [-0.1, -0.05) is 73.2 Å². The van der Waals surface area contributed by atoms with E-state index in [0.29, 0.717) is 17.7 Å². The lowest BCUT2D eigenvalue weighted by molar-refractivity contribution is 0.420. The predicted molar refractivity (Wildman–Crippen MR) is 152 cm³/mol. The Labute approximate surface area is 214 Å². The molecule has 1 heterocycles. The largest absolute Gasteiger partial charge is 0.513 e. The lowest BCUT2D eigenvalue weighted by Crippen LogP contribution is -2.26. The van der Waals surface area contributed by atoms with E-state index in [1.807, 2.05) is 6.08 Å². The van der Waals surface area contributed by atoms with Gasteiger partial charge in [-0.15, -0.1) is 0 Å². The summed E-state index contributed by atoms with van der Waals surface area (Å²) in [5, 5.41) is 9.75. The molecule has 2 atom stereocenters. The normalized spacial score (nSPS) is 21.4. The standard InChI is InChI=1S/C34H33NO/c1-24(36)21-26-17-20-34-32(23-26)30-13-8-14-33(30)35(34)29-18-15-25(16-19-29)22-31(27-9-4-2-5-10-27)28-11-6-3-7-12-28/h2,4-6,9-12,15-23,30,33,36H,3,7-8,13-14H2,1H3/b24-21?,31-22-. The number of hydrogen-bond acceptors (Lipinski definition) is 2. The van der Waals surface area contributed by atoms with Gasteiger partial charge in [-0.05, 0) is 102 Å². The number of anilines is 2. The number of allylic oxidation sites excluding steroid dienone is 6. The van der Waals surface area contributed by atoms with Gasteiger partial charge in [-0.2, -0.15) is 0 Å².